The molecular weight excluding hydrogens is 256 g/mol. The molecule has 2 heterocycles. The quantitative estimate of drug-likeness (QED) is 0.792. The first kappa shape index (κ1) is 14.2. The minimum atomic E-state index is 0.908. The number of rotatable bonds is 7. The number of nitrogens with one attached hydrogen (secondary N) is 1. The molecule has 0 aliphatic heterocycles. The summed E-state index contributed by atoms with van der Waals surface area (Å²) in [4.78, 5) is 4.38. The summed E-state index contributed by atoms with van der Waals surface area (Å²) in [5, 5.41) is 11.2. The molecule has 1 N–H and O–H groups in total. The molecule has 0 aliphatic rings. The highest BCUT2D eigenvalue weighted by atomic mass is 32.1. The van der Waals surface area contributed by atoms with Gasteiger partial charge in [0.2, 0.25) is 5.13 Å². The van der Waals surface area contributed by atoms with Crippen LogP contribution in [0.4, 0.5) is 0 Å². The van der Waals surface area contributed by atoms with Gasteiger partial charge in [0.05, 0.1) is 11.4 Å². The van der Waals surface area contributed by atoms with E-state index in [1.165, 1.54) is 17.0 Å². The predicted molar refractivity (Wildman–Crippen MR) is 80.0 cm³/mol. The fraction of sp³-hybridized carbons (Fsp3) is 0.571. The minimum Gasteiger partial charge on any atom is -0.313 e. The molecule has 0 saturated carbocycles. The summed E-state index contributed by atoms with van der Waals surface area (Å²) < 4.78 is 2.02. The molecule has 0 aliphatic carbocycles. The molecule has 0 fully saturated rings. The third kappa shape index (κ3) is 3.04. The van der Waals surface area contributed by atoms with Gasteiger partial charge < -0.3 is 5.32 Å². The molecule has 0 atom stereocenters. The SMILES string of the molecule is CCCNCc1c(CC)nn(-c2nccs2)c1CC. The lowest BCUT2D eigenvalue weighted by Gasteiger charge is -2.06. The van der Waals surface area contributed by atoms with Crippen molar-refractivity contribution in [1.29, 1.82) is 0 Å². The fourth-order valence-corrected chi connectivity index (χ4v) is 2.87. The Morgan fingerprint density at radius 1 is 1.26 bits per heavy atom. The van der Waals surface area contributed by atoms with E-state index in [1.54, 1.807) is 11.3 Å². The van der Waals surface area contributed by atoms with Gasteiger partial charge in [0.25, 0.3) is 0 Å². The molecule has 2 aromatic rings. The second-order valence-corrected chi connectivity index (χ2v) is 5.36. The van der Waals surface area contributed by atoms with Crippen LogP contribution in [-0.4, -0.2) is 21.3 Å². The number of aromatic nitrogens is 3. The monoisotopic (exact) mass is 278 g/mol. The van der Waals surface area contributed by atoms with Crippen molar-refractivity contribution in [1.82, 2.24) is 20.1 Å². The molecule has 0 bridgehead atoms. The van der Waals surface area contributed by atoms with Crippen LogP contribution in [0.2, 0.25) is 0 Å². The highest BCUT2D eigenvalue weighted by Gasteiger charge is 2.17. The topological polar surface area (TPSA) is 42.7 Å². The lowest BCUT2D eigenvalue weighted by molar-refractivity contribution is 0.666. The van der Waals surface area contributed by atoms with Gasteiger partial charge in [0.15, 0.2) is 0 Å². The van der Waals surface area contributed by atoms with Gasteiger partial charge in [0, 0.05) is 23.7 Å². The van der Waals surface area contributed by atoms with Crippen molar-refractivity contribution < 1.29 is 0 Å². The standard InChI is InChI=1S/C14H22N4S/c1-4-7-15-10-11-12(5-2)17-18(13(11)6-3)14-16-8-9-19-14/h8-9,15H,4-7,10H2,1-3H3. The smallest absolute Gasteiger partial charge is 0.210 e. The van der Waals surface area contributed by atoms with Gasteiger partial charge in [-0.05, 0) is 25.8 Å². The molecule has 2 rings (SSSR count). The summed E-state index contributed by atoms with van der Waals surface area (Å²) in [6.07, 6.45) is 4.94. The van der Waals surface area contributed by atoms with E-state index < -0.39 is 0 Å². The van der Waals surface area contributed by atoms with Crippen LogP contribution in [0.1, 0.15) is 44.1 Å². The van der Waals surface area contributed by atoms with Gasteiger partial charge in [0.1, 0.15) is 0 Å². The summed E-state index contributed by atoms with van der Waals surface area (Å²) in [6.45, 7) is 8.49. The van der Waals surface area contributed by atoms with Crippen LogP contribution in [0.25, 0.3) is 5.13 Å². The van der Waals surface area contributed by atoms with Crippen molar-refractivity contribution in [3.63, 3.8) is 0 Å². The van der Waals surface area contributed by atoms with E-state index in [4.69, 9.17) is 5.10 Å². The molecule has 0 radical (unpaired) electrons. The van der Waals surface area contributed by atoms with Crippen LogP contribution >= 0.6 is 11.3 Å². The molecule has 0 saturated heterocycles. The molecule has 0 amide bonds. The molecule has 104 valence electrons. The summed E-state index contributed by atoms with van der Waals surface area (Å²) >= 11 is 1.64. The molecule has 2 aromatic heterocycles. The molecule has 0 spiro atoms. The lowest BCUT2D eigenvalue weighted by atomic mass is 10.1. The van der Waals surface area contributed by atoms with Crippen LogP contribution < -0.4 is 5.32 Å². The highest BCUT2D eigenvalue weighted by Crippen LogP contribution is 2.21. The van der Waals surface area contributed by atoms with Crippen LogP contribution in [0.5, 0.6) is 0 Å². The van der Waals surface area contributed by atoms with E-state index in [1.807, 2.05) is 16.3 Å². The maximum Gasteiger partial charge on any atom is 0.210 e. The number of nitrogens with zero attached hydrogens (tertiary/aromatic N) is 3. The number of hydrogen-bond acceptors (Lipinski definition) is 4. The molecule has 5 heteroatoms. The Morgan fingerprint density at radius 2 is 2.11 bits per heavy atom. The Morgan fingerprint density at radius 3 is 2.68 bits per heavy atom. The van der Waals surface area contributed by atoms with E-state index in [0.717, 1.165) is 37.5 Å². The largest absolute Gasteiger partial charge is 0.313 e. The maximum absolute atomic E-state index is 4.75. The van der Waals surface area contributed by atoms with Crippen LogP contribution in [0.15, 0.2) is 11.6 Å². The Kier molecular flexibility index (Phi) is 5.10. The van der Waals surface area contributed by atoms with Gasteiger partial charge >= 0.3 is 0 Å². The van der Waals surface area contributed by atoms with Gasteiger partial charge in [-0.15, -0.1) is 11.3 Å². The van der Waals surface area contributed by atoms with Crippen molar-refractivity contribution >= 4 is 11.3 Å². The first-order valence-corrected chi connectivity index (χ1v) is 7.89. The fourth-order valence-electron chi connectivity index (χ4n) is 2.26. The first-order chi connectivity index (χ1) is 9.31. The number of thiazole rings is 1. The average molecular weight is 278 g/mol. The molecule has 4 nitrogen and oxygen atoms in total. The highest BCUT2D eigenvalue weighted by molar-refractivity contribution is 7.12. The van der Waals surface area contributed by atoms with E-state index >= 15 is 0 Å². The van der Waals surface area contributed by atoms with Gasteiger partial charge in [-0.3, -0.25) is 0 Å². The molecular formula is C14H22N4S. The first-order valence-electron chi connectivity index (χ1n) is 7.01. The zero-order chi connectivity index (χ0) is 13.7. The van der Waals surface area contributed by atoms with Crippen molar-refractivity contribution in [2.75, 3.05) is 6.54 Å². The summed E-state index contributed by atoms with van der Waals surface area (Å²) in [5.74, 6) is 0. The van der Waals surface area contributed by atoms with Gasteiger partial charge in [-0.25, -0.2) is 9.67 Å². The van der Waals surface area contributed by atoms with Crippen molar-refractivity contribution in [2.45, 2.75) is 46.6 Å². The Hall–Kier alpha value is -1.20. The Bertz CT molecular complexity index is 502. The van der Waals surface area contributed by atoms with Gasteiger partial charge in [-0.2, -0.15) is 5.10 Å². The molecule has 0 unspecified atom stereocenters. The summed E-state index contributed by atoms with van der Waals surface area (Å²) in [6, 6.07) is 0. The number of aryl methyl sites for hydroxylation is 1. The van der Waals surface area contributed by atoms with Crippen molar-refractivity contribution in [3.8, 4) is 5.13 Å². The van der Waals surface area contributed by atoms with E-state index in [0.29, 0.717) is 0 Å². The lowest BCUT2D eigenvalue weighted by Crippen LogP contribution is -2.16. The van der Waals surface area contributed by atoms with E-state index in [2.05, 4.69) is 31.1 Å². The Labute approximate surface area is 118 Å². The molecule has 0 aromatic carbocycles. The summed E-state index contributed by atoms with van der Waals surface area (Å²) in [7, 11) is 0. The average Bonchev–Trinajstić information content (AvgIpc) is 3.05. The van der Waals surface area contributed by atoms with E-state index in [-0.39, 0.29) is 0 Å². The molecule has 19 heavy (non-hydrogen) atoms. The second-order valence-electron chi connectivity index (χ2n) is 4.48. The van der Waals surface area contributed by atoms with Crippen LogP contribution in [0.3, 0.4) is 0 Å². The normalized spacial score (nSPS) is 11.1. The predicted octanol–water partition coefficient (Wildman–Crippen LogP) is 2.95. The second kappa shape index (κ2) is 6.82. The minimum absolute atomic E-state index is 0.908. The summed E-state index contributed by atoms with van der Waals surface area (Å²) in [5.41, 5.74) is 3.83. The third-order valence-corrected chi connectivity index (χ3v) is 3.92. The number of hydrogen-bond donors (Lipinski definition) is 1. The zero-order valence-electron chi connectivity index (χ0n) is 11.9. The van der Waals surface area contributed by atoms with Crippen LogP contribution in [0, 0.1) is 0 Å². The maximum atomic E-state index is 4.75. The van der Waals surface area contributed by atoms with Crippen molar-refractivity contribution in [3.05, 3.63) is 28.5 Å². The van der Waals surface area contributed by atoms with Crippen LogP contribution in [-0.2, 0) is 19.4 Å². The Balaban J connectivity index is 2.35. The zero-order valence-corrected chi connectivity index (χ0v) is 12.8. The van der Waals surface area contributed by atoms with Gasteiger partial charge in [-0.1, -0.05) is 20.8 Å². The van der Waals surface area contributed by atoms with Crippen molar-refractivity contribution in [2.24, 2.45) is 0 Å². The van der Waals surface area contributed by atoms with E-state index in [9.17, 15) is 0 Å². The third-order valence-electron chi connectivity index (χ3n) is 3.17.